The second-order valence-corrected chi connectivity index (χ2v) is 8.74. The van der Waals surface area contributed by atoms with Gasteiger partial charge in [-0.15, -0.1) is 0 Å². The predicted molar refractivity (Wildman–Crippen MR) is 114 cm³/mol. The van der Waals surface area contributed by atoms with Crippen LogP contribution in [0.15, 0.2) is 27.6 Å². The second-order valence-electron chi connectivity index (χ2n) is 7.80. The van der Waals surface area contributed by atoms with E-state index in [1.54, 1.807) is 11.9 Å². The number of carbonyl (C=O) groups is 2. The van der Waals surface area contributed by atoms with Gasteiger partial charge >= 0.3 is 6.09 Å². The molecule has 156 valence electrons. The zero-order valence-electron chi connectivity index (χ0n) is 17.5. The number of hydrogen-bond donors (Lipinski definition) is 2. The molecule has 0 aromatic rings. The lowest BCUT2D eigenvalue weighted by Crippen LogP contribution is -2.48. The molecule has 2 heterocycles. The predicted octanol–water partition coefficient (Wildman–Crippen LogP) is 3.39. The van der Waals surface area contributed by atoms with Crippen LogP contribution >= 0.6 is 11.9 Å². The molecular formula is C20H32N4O3S. The first-order chi connectivity index (χ1) is 13.2. The van der Waals surface area contributed by atoms with E-state index in [9.17, 15) is 9.59 Å². The molecule has 0 bridgehead atoms. The lowest BCUT2D eigenvalue weighted by atomic mass is 10.1. The van der Waals surface area contributed by atoms with E-state index in [2.05, 4.69) is 27.2 Å². The Bertz CT molecular complexity index is 679. The van der Waals surface area contributed by atoms with Gasteiger partial charge in [-0.3, -0.25) is 14.7 Å². The fourth-order valence-corrected chi connectivity index (χ4v) is 3.83. The number of rotatable bonds is 4. The smallest absolute Gasteiger partial charge is 0.410 e. The molecule has 2 amide bonds. The molecule has 2 fully saturated rings. The van der Waals surface area contributed by atoms with Gasteiger partial charge in [-0.1, -0.05) is 12.2 Å². The van der Waals surface area contributed by atoms with Crippen LogP contribution in [0, 0.1) is 0 Å². The number of amides is 2. The topological polar surface area (TPSA) is 83.0 Å². The van der Waals surface area contributed by atoms with Crippen LogP contribution in [-0.4, -0.2) is 54.0 Å². The maximum Gasteiger partial charge on any atom is 0.410 e. The maximum atomic E-state index is 12.5. The SMILES string of the molecule is C/C=C1\C/C(=C\C)C(=NCCNC(=O)C2CCCN2C(=O)OC(C)(C)C)NS1. The molecular weight excluding hydrogens is 376 g/mol. The average Bonchev–Trinajstić information content (AvgIpc) is 3.13. The van der Waals surface area contributed by atoms with Crippen LogP contribution in [0.3, 0.4) is 0 Å². The van der Waals surface area contributed by atoms with Crippen molar-refractivity contribution in [1.82, 2.24) is 14.9 Å². The Morgan fingerprint density at radius 2 is 2.11 bits per heavy atom. The summed E-state index contributed by atoms with van der Waals surface area (Å²) in [5.74, 6) is 0.723. The number of nitrogens with one attached hydrogen (secondary N) is 2. The molecule has 0 aromatic heterocycles. The Hall–Kier alpha value is -1.96. The van der Waals surface area contributed by atoms with Gasteiger partial charge in [0.1, 0.15) is 17.5 Å². The highest BCUT2D eigenvalue weighted by atomic mass is 32.2. The summed E-state index contributed by atoms with van der Waals surface area (Å²) in [6, 6.07) is -0.464. The van der Waals surface area contributed by atoms with Gasteiger partial charge in [-0.2, -0.15) is 0 Å². The molecule has 0 radical (unpaired) electrons. The van der Waals surface area contributed by atoms with E-state index in [4.69, 9.17) is 4.74 Å². The molecule has 1 atom stereocenters. The third kappa shape index (κ3) is 6.29. The van der Waals surface area contributed by atoms with E-state index in [0.717, 1.165) is 24.3 Å². The summed E-state index contributed by atoms with van der Waals surface area (Å²) in [4.78, 5) is 32.2. The van der Waals surface area contributed by atoms with Gasteiger partial charge in [-0.05, 0) is 65.0 Å². The van der Waals surface area contributed by atoms with Crippen LogP contribution in [0.4, 0.5) is 4.79 Å². The van der Waals surface area contributed by atoms with Crippen LogP contribution in [0.2, 0.25) is 0 Å². The van der Waals surface area contributed by atoms with Crippen LogP contribution in [-0.2, 0) is 9.53 Å². The number of amidine groups is 1. The summed E-state index contributed by atoms with van der Waals surface area (Å²) >= 11 is 1.58. The third-order valence-corrected chi connectivity index (χ3v) is 5.42. The minimum atomic E-state index is -0.570. The molecule has 2 rings (SSSR count). The average molecular weight is 409 g/mol. The number of ether oxygens (including phenoxy) is 1. The van der Waals surface area contributed by atoms with Gasteiger partial charge < -0.3 is 14.8 Å². The largest absolute Gasteiger partial charge is 0.444 e. The standard InChI is InChI=1S/C20H32N4O3S/c1-6-14-13-15(7-2)28-23-17(14)21-10-11-22-18(25)16-9-8-12-24(16)19(26)27-20(3,4)5/h6-7,16H,8-13H2,1-5H3,(H,21,23)(H,22,25)/b14-6+,15-7+. The summed E-state index contributed by atoms with van der Waals surface area (Å²) in [6.45, 7) is 11.0. The van der Waals surface area contributed by atoms with Crippen molar-refractivity contribution in [2.24, 2.45) is 4.99 Å². The van der Waals surface area contributed by atoms with E-state index in [1.165, 1.54) is 9.81 Å². The van der Waals surface area contributed by atoms with Crippen LogP contribution < -0.4 is 10.0 Å². The van der Waals surface area contributed by atoms with Crippen molar-refractivity contribution >= 4 is 29.8 Å². The monoisotopic (exact) mass is 408 g/mol. The second kappa shape index (κ2) is 10.0. The molecule has 2 aliphatic heterocycles. The molecule has 7 nitrogen and oxygen atoms in total. The maximum absolute atomic E-state index is 12.5. The van der Waals surface area contributed by atoms with Crippen molar-refractivity contribution in [3.63, 3.8) is 0 Å². The molecule has 0 aromatic carbocycles. The van der Waals surface area contributed by atoms with Gasteiger partial charge in [0.15, 0.2) is 0 Å². The van der Waals surface area contributed by atoms with Crippen LogP contribution in [0.5, 0.6) is 0 Å². The first-order valence-corrected chi connectivity index (χ1v) is 10.6. The third-order valence-electron chi connectivity index (χ3n) is 4.48. The molecule has 28 heavy (non-hydrogen) atoms. The summed E-state index contributed by atoms with van der Waals surface area (Å²) in [7, 11) is 0. The van der Waals surface area contributed by atoms with Gasteiger partial charge in [0.25, 0.3) is 0 Å². The Morgan fingerprint density at radius 1 is 1.36 bits per heavy atom. The molecule has 1 unspecified atom stereocenters. The fraction of sp³-hybridized carbons (Fsp3) is 0.650. The molecule has 0 saturated carbocycles. The van der Waals surface area contributed by atoms with Crippen molar-refractivity contribution in [3.05, 3.63) is 22.6 Å². The number of hydrogen-bond acceptors (Lipinski definition) is 5. The van der Waals surface area contributed by atoms with Crippen molar-refractivity contribution in [2.75, 3.05) is 19.6 Å². The van der Waals surface area contributed by atoms with Crippen molar-refractivity contribution in [3.8, 4) is 0 Å². The molecule has 2 N–H and O–H groups in total. The Morgan fingerprint density at radius 3 is 2.75 bits per heavy atom. The first kappa shape index (κ1) is 22.3. The number of nitrogens with zero attached hydrogens (tertiary/aromatic N) is 2. The van der Waals surface area contributed by atoms with Gasteiger partial charge in [-0.25, -0.2) is 4.79 Å². The fourth-order valence-electron chi connectivity index (χ4n) is 3.06. The van der Waals surface area contributed by atoms with E-state index >= 15 is 0 Å². The summed E-state index contributed by atoms with van der Waals surface area (Å²) in [5, 5.41) is 2.90. The number of aliphatic imine (C=N–C) groups is 1. The molecule has 2 saturated heterocycles. The Kier molecular flexibility index (Phi) is 7.98. The Labute approximate surface area is 172 Å². The van der Waals surface area contributed by atoms with Crippen molar-refractivity contribution in [1.29, 1.82) is 0 Å². The van der Waals surface area contributed by atoms with E-state index < -0.39 is 17.7 Å². The zero-order valence-corrected chi connectivity index (χ0v) is 18.3. The highest BCUT2D eigenvalue weighted by Gasteiger charge is 2.36. The zero-order chi connectivity index (χ0) is 20.7. The van der Waals surface area contributed by atoms with E-state index in [0.29, 0.717) is 26.1 Å². The normalized spacial score (nSPS) is 24.5. The Balaban J connectivity index is 1.84. The van der Waals surface area contributed by atoms with Gasteiger partial charge in [0, 0.05) is 24.4 Å². The minimum absolute atomic E-state index is 0.142. The number of carbonyl (C=O) groups excluding carboxylic acids is 2. The lowest BCUT2D eigenvalue weighted by Gasteiger charge is -2.28. The molecule has 0 spiro atoms. The summed E-state index contributed by atoms with van der Waals surface area (Å²) in [6.07, 6.45) is 6.07. The first-order valence-electron chi connectivity index (χ1n) is 9.80. The summed E-state index contributed by atoms with van der Waals surface area (Å²) < 4.78 is 8.67. The van der Waals surface area contributed by atoms with Crippen molar-refractivity contribution < 1.29 is 14.3 Å². The highest BCUT2D eigenvalue weighted by Crippen LogP contribution is 2.27. The molecule has 2 aliphatic rings. The molecule has 8 heteroatoms. The molecule has 0 aliphatic carbocycles. The minimum Gasteiger partial charge on any atom is -0.444 e. The number of allylic oxidation sites excluding steroid dienone is 3. The van der Waals surface area contributed by atoms with Crippen molar-refractivity contribution in [2.45, 2.75) is 65.5 Å². The highest BCUT2D eigenvalue weighted by molar-refractivity contribution is 8.01. The van der Waals surface area contributed by atoms with E-state index in [-0.39, 0.29) is 5.91 Å². The van der Waals surface area contributed by atoms with E-state index in [1.807, 2.05) is 34.6 Å². The van der Waals surface area contributed by atoms with Gasteiger partial charge in [0.05, 0.1) is 6.54 Å². The number of likely N-dealkylation sites (tertiary alicyclic amines) is 1. The summed E-state index contributed by atoms with van der Waals surface area (Å²) in [5.41, 5.74) is 0.587. The van der Waals surface area contributed by atoms with Crippen LogP contribution in [0.1, 0.15) is 53.9 Å². The van der Waals surface area contributed by atoms with Gasteiger partial charge in [0.2, 0.25) is 5.91 Å². The lowest BCUT2D eigenvalue weighted by molar-refractivity contribution is -0.125. The van der Waals surface area contributed by atoms with Crippen LogP contribution in [0.25, 0.3) is 0 Å². The quantitative estimate of drug-likeness (QED) is 0.550.